The van der Waals surface area contributed by atoms with E-state index in [4.69, 9.17) is 9.16 Å². The largest absolute Gasteiger partial charge is 0.410 e. The van der Waals surface area contributed by atoms with Crippen molar-refractivity contribution in [3.05, 3.63) is 83.7 Å². The van der Waals surface area contributed by atoms with Gasteiger partial charge < -0.3 is 9.16 Å². The van der Waals surface area contributed by atoms with Crippen LogP contribution < -0.4 is 5.19 Å². The minimum absolute atomic E-state index is 0.0612. The molecule has 0 amide bonds. The summed E-state index contributed by atoms with van der Waals surface area (Å²) in [5, 5.41) is 11.0. The fourth-order valence-electron chi connectivity index (χ4n) is 3.40. The molecule has 2 aromatic carbocycles. The van der Waals surface area contributed by atoms with E-state index in [2.05, 4.69) is 113 Å². The maximum atomic E-state index is 9.58. The van der Waals surface area contributed by atoms with Gasteiger partial charge in [-0.1, -0.05) is 99.7 Å². The molecule has 0 spiro atoms. The van der Waals surface area contributed by atoms with Crippen molar-refractivity contribution in [3.63, 3.8) is 0 Å². The van der Waals surface area contributed by atoms with Gasteiger partial charge in [-0.05, 0) is 35.5 Å². The zero-order valence-electron chi connectivity index (χ0n) is 22.0. The Balaban J connectivity index is 2.24. The molecule has 2 rings (SSSR count). The first-order chi connectivity index (χ1) is 16.0. The Morgan fingerprint density at radius 1 is 0.912 bits per heavy atom. The van der Waals surface area contributed by atoms with Crippen LogP contribution in [0.1, 0.15) is 39.2 Å². The lowest BCUT2D eigenvalue weighted by Gasteiger charge is -2.40. The standard InChI is InChI=1S/C29H41NO2Si2/c1-29(2,3)34(6,7)32-28(21-22-30)27(31-24-25-16-10-8-11-17-25)20-14-15-23-33(4,5)26-18-12-9-13-19-26/h8-14,16-19,23,27-28H,20-21,24H2,1-7H3/t15?,27-,28+/m1/s1. The van der Waals surface area contributed by atoms with Crippen LogP contribution >= 0.6 is 0 Å². The van der Waals surface area contributed by atoms with Crippen LogP contribution in [0.5, 0.6) is 0 Å². The molecule has 2 atom stereocenters. The van der Waals surface area contributed by atoms with E-state index < -0.39 is 16.4 Å². The van der Waals surface area contributed by atoms with Crippen LogP contribution in [-0.4, -0.2) is 28.6 Å². The number of rotatable bonds is 11. The van der Waals surface area contributed by atoms with Crippen LogP contribution in [0.25, 0.3) is 0 Å². The van der Waals surface area contributed by atoms with Crippen molar-refractivity contribution >= 4 is 21.6 Å². The lowest BCUT2D eigenvalue weighted by molar-refractivity contribution is -0.0359. The molecule has 0 fully saturated rings. The molecule has 5 heteroatoms. The predicted molar refractivity (Wildman–Crippen MR) is 148 cm³/mol. The molecule has 0 aliphatic carbocycles. The van der Waals surface area contributed by atoms with Crippen molar-refractivity contribution < 1.29 is 9.16 Å². The second-order valence-corrected chi connectivity index (χ2v) is 20.0. The highest BCUT2D eigenvalue weighted by Gasteiger charge is 2.40. The Kier molecular flexibility index (Phi) is 10.3. The van der Waals surface area contributed by atoms with Gasteiger partial charge in [0.1, 0.15) is 8.07 Å². The van der Waals surface area contributed by atoms with Gasteiger partial charge >= 0.3 is 0 Å². The van der Waals surface area contributed by atoms with Gasteiger partial charge in [0.15, 0.2) is 8.32 Å². The van der Waals surface area contributed by atoms with E-state index in [-0.39, 0.29) is 17.2 Å². The predicted octanol–water partition coefficient (Wildman–Crippen LogP) is 7.13. The average molecular weight is 492 g/mol. The van der Waals surface area contributed by atoms with Gasteiger partial charge in [0, 0.05) is 6.42 Å². The van der Waals surface area contributed by atoms with Crippen LogP contribution in [0.15, 0.2) is 78.2 Å². The van der Waals surface area contributed by atoms with Crippen LogP contribution in [0.4, 0.5) is 0 Å². The van der Waals surface area contributed by atoms with Crippen molar-refractivity contribution in [1.29, 1.82) is 5.26 Å². The van der Waals surface area contributed by atoms with Crippen molar-refractivity contribution in [2.24, 2.45) is 0 Å². The van der Waals surface area contributed by atoms with E-state index in [1.165, 1.54) is 5.19 Å². The van der Waals surface area contributed by atoms with Gasteiger partial charge in [0.05, 0.1) is 31.3 Å². The number of nitrogens with zero attached hydrogens (tertiary/aromatic N) is 1. The van der Waals surface area contributed by atoms with E-state index in [1.807, 2.05) is 18.2 Å². The Morgan fingerprint density at radius 2 is 1.50 bits per heavy atom. The summed E-state index contributed by atoms with van der Waals surface area (Å²) in [6.07, 6.45) is 2.55. The number of benzene rings is 2. The number of nitriles is 1. The smallest absolute Gasteiger partial charge is 0.192 e. The molecule has 0 aliphatic rings. The average Bonchev–Trinajstić information content (AvgIpc) is 2.79. The lowest BCUT2D eigenvalue weighted by Crippen LogP contribution is -2.47. The second-order valence-electron chi connectivity index (χ2n) is 11.0. The molecule has 0 unspecified atom stereocenters. The van der Waals surface area contributed by atoms with Crippen LogP contribution in [0, 0.1) is 11.3 Å². The van der Waals surface area contributed by atoms with E-state index in [9.17, 15) is 5.26 Å². The summed E-state index contributed by atoms with van der Waals surface area (Å²) >= 11 is 0. The molecule has 0 bridgehead atoms. The molecule has 2 aromatic rings. The van der Waals surface area contributed by atoms with Gasteiger partial charge in [-0.3, -0.25) is 0 Å². The van der Waals surface area contributed by atoms with E-state index in [1.54, 1.807) is 0 Å². The van der Waals surface area contributed by atoms with Crippen molar-refractivity contribution in [2.75, 3.05) is 0 Å². The highest BCUT2D eigenvalue weighted by Crippen LogP contribution is 2.38. The van der Waals surface area contributed by atoms with E-state index in [0.717, 1.165) is 5.56 Å². The maximum absolute atomic E-state index is 9.58. The molecular formula is C29H41NO2Si2. The van der Waals surface area contributed by atoms with E-state index >= 15 is 0 Å². The zero-order valence-corrected chi connectivity index (χ0v) is 24.0. The molecule has 0 heterocycles. The van der Waals surface area contributed by atoms with Gasteiger partial charge in [-0.2, -0.15) is 5.26 Å². The highest BCUT2D eigenvalue weighted by atomic mass is 28.4. The monoisotopic (exact) mass is 491 g/mol. The molecule has 34 heavy (non-hydrogen) atoms. The first-order valence-electron chi connectivity index (χ1n) is 12.1. The first-order valence-corrected chi connectivity index (χ1v) is 18.1. The second kappa shape index (κ2) is 12.5. The Morgan fingerprint density at radius 3 is 2.06 bits per heavy atom. The van der Waals surface area contributed by atoms with Crippen LogP contribution in [-0.2, 0) is 15.8 Å². The fourth-order valence-corrected chi connectivity index (χ4v) is 6.50. The Bertz CT molecular complexity index is 982. The topological polar surface area (TPSA) is 42.2 Å². The number of hydrogen-bond acceptors (Lipinski definition) is 3. The molecule has 0 radical (unpaired) electrons. The van der Waals surface area contributed by atoms with Crippen LogP contribution in [0.3, 0.4) is 0 Å². The molecule has 0 saturated carbocycles. The molecule has 0 saturated heterocycles. The molecule has 0 N–H and O–H groups in total. The zero-order chi connectivity index (χ0) is 25.2. The Labute approximate surface area is 209 Å². The molecule has 182 valence electrons. The van der Waals surface area contributed by atoms with Crippen molar-refractivity contribution in [1.82, 2.24) is 0 Å². The summed E-state index contributed by atoms with van der Waals surface area (Å²) in [5.74, 6) is 0. The highest BCUT2D eigenvalue weighted by molar-refractivity contribution is 6.93. The first kappa shape index (κ1) is 28.0. The number of hydrogen-bond donors (Lipinski definition) is 0. The fraction of sp³-hybridized carbons (Fsp3) is 0.448. The third kappa shape index (κ3) is 8.54. The van der Waals surface area contributed by atoms with Gasteiger partial charge in [0.25, 0.3) is 0 Å². The quantitative estimate of drug-likeness (QED) is 0.248. The summed E-state index contributed by atoms with van der Waals surface area (Å²) < 4.78 is 13.1. The van der Waals surface area contributed by atoms with Gasteiger partial charge in [-0.15, -0.1) is 5.73 Å². The third-order valence-electron chi connectivity index (χ3n) is 6.70. The van der Waals surface area contributed by atoms with Crippen molar-refractivity contribution in [3.8, 4) is 6.07 Å². The Hall–Kier alpha value is -2.20. The van der Waals surface area contributed by atoms with E-state index in [0.29, 0.717) is 19.4 Å². The lowest BCUT2D eigenvalue weighted by atomic mass is 10.1. The minimum Gasteiger partial charge on any atom is -0.410 e. The number of ether oxygens (including phenoxy) is 1. The normalized spacial score (nSPS) is 13.9. The SMILES string of the molecule is CC(C)(C)[Si](C)(C)O[C@@H](CC#N)[C@@H](CC=C=C[Si](C)(C)c1ccccc1)OCc1ccccc1. The van der Waals surface area contributed by atoms with Crippen LogP contribution in [0.2, 0.25) is 31.2 Å². The maximum Gasteiger partial charge on any atom is 0.192 e. The summed E-state index contributed by atoms with van der Waals surface area (Å²) in [6, 6.07) is 23.2. The molecule has 0 aromatic heterocycles. The molecular weight excluding hydrogens is 450 g/mol. The van der Waals surface area contributed by atoms with Gasteiger partial charge in [0.2, 0.25) is 0 Å². The molecule has 3 nitrogen and oxygen atoms in total. The summed E-state index contributed by atoms with van der Waals surface area (Å²) in [6.45, 7) is 16.3. The molecule has 0 aliphatic heterocycles. The summed E-state index contributed by atoms with van der Waals surface area (Å²) in [4.78, 5) is 0. The summed E-state index contributed by atoms with van der Waals surface area (Å²) in [5.41, 5.74) is 6.81. The van der Waals surface area contributed by atoms with Gasteiger partial charge in [-0.25, -0.2) is 0 Å². The third-order valence-corrected chi connectivity index (χ3v) is 13.9. The minimum atomic E-state index is -2.06. The van der Waals surface area contributed by atoms with Crippen molar-refractivity contribution in [2.45, 2.75) is 83.7 Å². The summed E-state index contributed by atoms with van der Waals surface area (Å²) in [7, 11) is -3.78.